The van der Waals surface area contributed by atoms with E-state index < -0.39 is 0 Å². The van der Waals surface area contributed by atoms with E-state index in [0.717, 1.165) is 43.9 Å². The first-order chi connectivity index (χ1) is 13.6. The summed E-state index contributed by atoms with van der Waals surface area (Å²) in [5, 5.41) is 4.24. The van der Waals surface area contributed by atoms with Gasteiger partial charge in [-0.1, -0.05) is 24.3 Å². The second-order valence-electron chi connectivity index (χ2n) is 7.26. The number of aryl methyl sites for hydroxylation is 1. The molecule has 4 rings (SSSR count). The predicted molar refractivity (Wildman–Crippen MR) is 105 cm³/mol. The highest BCUT2D eigenvalue weighted by atomic mass is 19.1. The van der Waals surface area contributed by atoms with Gasteiger partial charge in [-0.3, -0.25) is 14.5 Å². The van der Waals surface area contributed by atoms with Crippen molar-refractivity contribution in [3.63, 3.8) is 0 Å². The van der Waals surface area contributed by atoms with Crippen LogP contribution in [0.4, 0.5) is 8.78 Å². The van der Waals surface area contributed by atoms with E-state index in [0.29, 0.717) is 0 Å². The van der Waals surface area contributed by atoms with Crippen molar-refractivity contribution in [2.24, 2.45) is 7.05 Å². The number of hydrogen-bond acceptors (Lipinski definition) is 3. The number of hydrogen-bond donors (Lipinski definition) is 0. The van der Waals surface area contributed by atoms with E-state index >= 15 is 0 Å². The monoisotopic (exact) mass is 382 g/mol. The van der Waals surface area contributed by atoms with Gasteiger partial charge in [0.2, 0.25) is 0 Å². The van der Waals surface area contributed by atoms with Gasteiger partial charge in [-0.15, -0.1) is 0 Å². The maximum atomic E-state index is 13.4. The fourth-order valence-electron chi connectivity index (χ4n) is 3.87. The van der Waals surface area contributed by atoms with Crippen LogP contribution in [0, 0.1) is 11.6 Å². The predicted octanol–water partition coefficient (Wildman–Crippen LogP) is 3.61. The summed E-state index contributed by atoms with van der Waals surface area (Å²) in [6.07, 6.45) is 1.82. The van der Waals surface area contributed by atoms with Gasteiger partial charge in [-0.25, -0.2) is 8.78 Å². The molecule has 6 heteroatoms. The Balaban J connectivity index is 1.52. The first-order valence-electron chi connectivity index (χ1n) is 9.54. The minimum absolute atomic E-state index is 0.0138. The van der Waals surface area contributed by atoms with E-state index in [9.17, 15) is 8.78 Å². The molecule has 0 unspecified atom stereocenters. The molecule has 1 aliphatic rings. The topological polar surface area (TPSA) is 24.3 Å². The normalized spacial score (nSPS) is 16.0. The van der Waals surface area contributed by atoms with Crippen molar-refractivity contribution < 1.29 is 8.78 Å². The smallest absolute Gasteiger partial charge is 0.123 e. The van der Waals surface area contributed by atoms with Crippen LogP contribution in [0.1, 0.15) is 22.9 Å². The van der Waals surface area contributed by atoms with Crippen molar-refractivity contribution in [2.45, 2.75) is 12.6 Å². The maximum Gasteiger partial charge on any atom is 0.123 e. The maximum absolute atomic E-state index is 13.4. The van der Waals surface area contributed by atoms with Crippen LogP contribution in [0.25, 0.3) is 0 Å². The van der Waals surface area contributed by atoms with E-state index in [-0.39, 0.29) is 17.7 Å². The number of benzene rings is 2. The molecule has 0 spiro atoms. The van der Waals surface area contributed by atoms with Gasteiger partial charge in [0.15, 0.2) is 0 Å². The molecule has 0 amide bonds. The van der Waals surface area contributed by atoms with E-state index in [1.54, 1.807) is 0 Å². The molecule has 146 valence electrons. The minimum atomic E-state index is -0.248. The second-order valence-corrected chi connectivity index (χ2v) is 7.26. The lowest BCUT2D eigenvalue weighted by atomic mass is 9.96. The molecule has 1 fully saturated rings. The molecule has 0 aliphatic carbocycles. The van der Waals surface area contributed by atoms with E-state index in [1.807, 2.05) is 48.3 Å². The van der Waals surface area contributed by atoms with Crippen molar-refractivity contribution in [1.29, 1.82) is 0 Å². The quantitative estimate of drug-likeness (QED) is 0.674. The lowest BCUT2D eigenvalue weighted by molar-refractivity contribution is 0.103. The second kappa shape index (κ2) is 8.20. The molecular formula is C22H24F2N4. The van der Waals surface area contributed by atoms with Crippen LogP contribution in [0.2, 0.25) is 0 Å². The molecule has 4 nitrogen and oxygen atoms in total. The summed E-state index contributed by atoms with van der Waals surface area (Å²) in [4.78, 5) is 4.81. The first-order valence-corrected chi connectivity index (χ1v) is 9.54. The summed E-state index contributed by atoms with van der Waals surface area (Å²) in [5.74, 6) is -0.495. The van der Waals surface area contributed by atoms with Gasteiger partial charge in [0.25, 0.3) is 0 Å². The van der Waals surface area contributed by atoms with Crippen molar-refractivity contribution in [2.75, 3.05) is 26.2 Å². The lowest BCUT2D eigenvalue weighted by Crippen LogP contribution is -2.47. The average Bonchev–Trinajstić information content (AvgIpc) is 3.11. The van der Waals surface area contributed by atoms with Gasteiger partial charge in [-0.2, -0.15) is 5.10 Å². The van der Waals surface area contributed by atoms with Crippen LogP contribution >= 0.6 is 0 Å². The number of aromatic nitrogens is 2. The zero-order chi connectivity index (χ0) is 19.5. The Morgan fingerprint density at radius 2 is 1.36 bits per heavy atom. The Morgan fingerprint density at radius 3 is 1.82 bits per heavy atom. The Hall–Kier alpha value is -2.57. The molecule has 0 saturated carbocycles. The van der Waals surface area contributed by atoms with Gasteiger partial charge >= 0.3 is 0 Å². The molecule has 2 aromatic carbocycles. The van der Waals surface area contributed by atoms with Gasteiger partial charge in [0.05, 0.1) is 11.7 Å². The molecule has 0 radical (unpaired) electrons. The Kier molecular flexibility index (Phi) is 5.50. The van der Waals surface area contributed by atoms with Crippen LogP contribution in [-0.2, 0) is 13.6 Å². The fraction of sp³-hybridized carbons (Fsp3) is 0.318. The Labute approximate surface area is 164 Å². The number of halogens is 2. The summed E-state index contributed by atoms with van der Waals surface area (Å²) in [6, 6.07) is 15.3. The summed E-state index contributed by atoms with van der Waals surface area (Å²) in [5.41, 5.74) is 3.24. The molecule has 1 saturated heterocycles. The standard InChI is InChI=1S/C22H24F2N4/c1-26-21(10-11-25-26)16-27-12-14-28(15-13-27)22(17-2-6-19(23)7-3-17)18-4-8-20(24)9-5-18/h2-11,22H,12-16H2,1H3. The largest absolute Gasteiger partial charge is 0.295 e. The summed E-state index contributed by atoms with van der Waals surface area (Å²) in [6.45, 7) is 4.52. The third-order valence-corrected chi connectivity index (χ3v) is 5.45. The van der Waals surface area contributed by atoms with Gasteiger partial charge in [-0.05, 0) is 41.5 Å². The summed E-state index contributed by atoms with van der Waals surface area (Å²) >= 11 is 0. The first kappa shape index (κ1) is 18.8. The summed E-state index contributed by atoms with van der Waals surface area (Å²) < 4.78 is 28.8. The van der Waals surface area contributed by atoms with Crippen molar-refractivity contribution >= 4 is 0 Å². The lowest BCUT2D eigenvalue weighted by Gasteiger charge is -2.39. The van der Waals surface area contributed by atoms with Gasteiger partial charge in [0, 0.05) is 46.0 Å². The third kappa shape index (κ3) is 4.13. The third-order valence-electron chi connectivity index (χ3n) is 5.45. The SMILES string of the molecule is Cn1nccc1CN1CCN(C(c2ccc(F)cc2)c2ccc(F)cc2)CC1. The Bertz CT molecular complexity index is 852. The molecule has 1 aliphatic heterocycles. The highest BCUT2D eigenvalue weighted by Gasteiger charge is 2.26. The van der Waals surface area contributed by atoms with E-state index in [1.165, 1.54) is 30.0 Å². The molecule has 0 atom stereocenters. The number of nitrogens with zero attached hydrogens (tertiary/aromatic N) is 4. The van der Waals surface area contributed by atoms with Crippen LogP contribution in [-0.4, -0.2) is 45.8 Å². The zero-order valence-corrected chi connectivity index (χ0v) is 15.9. The van der Waals surface area contributed by atoms with Crippen LogP contribution in [0.15, 0.2) is 60.8 Å². The van der Waals surface area contributed by atoms with Crippen molar-refractivity contribution in [3.05, 3.63) is 89.2 Å². The van der Waals surface area contributed by atoms with E-state index in [2.05, 4.69) is 14.9 Å². The highest BCUT2D eigenvalue weighted by Crippen LogP contribution is 2.30. The molecule has 0 N–H and O–H groups in total. The van der Waals surface area contributed by atoms with Crippen molar-refractivity contribution in [1.82, 2.24) is 19.6 Å². The fourth-order valence-corrected chi connectivity index (χ4v) is 3.87. The molecule has 2 heterocycles. The number of piperazine rings is 1. The Morgan fingerprint density at radius 1 is 0.821 bits per heavy atom. The van der Waals surface area contributed by atoms with Crippen LogP contribution in [0.3, 0.4) is 0 Å². The molecular weight excluding hydrogens is 358 g/mol. The minimum Gasteiger partial charge on any atom is -0.295 e. The molecule has 1 aromatic heterocycles. The van der Waals surface area contributed by atoms with Gasteiger partial charge < -0.3 is 0 Å². The number of rotatable bonds is 5. The molecule has 3 aromatic rings. The van der Waals surface area contributed by atoms with E-state index in [4.69, 9.17) is 0 Å². The zero-order valence-electron chi connectivity index (χ0n) is 15.9. The molecule has 0 bridgehead atoms. The van der Waals surface area contributed by atoms with Crippen molar-refractivity contribution in [3.8, 4) is 0 Å². The van der Waals surface area contributed by atoms with Gasteiger partial charge in [0.1, 0.15) is 11.6 Å². The van der Waals surface area contributed by atoms with Crippen LogP contribution < -0.4 is 0 Å². The average molecular weight is 382 g/mol. The summed E-state index contributed by atoms with van der Waals surface area (Å²) in [7, 11) is 1.96. The van der Waals surface area contributed by atoms with Crippen LogP contribution in [0.5, 0.6) is 0 Å². The highest BCUT2D eigenvalue weighted by molar-refractivity contribution is 5.32. The molecule has 28 heavy (non-hydrogen) atoms.